The molecule has 0 saturated carbocycles. The molecule has 0 amide bonds. The number of para-hydroxylation sites is 1. The molecule has 0 saturated heterocycles. The molecule has 6 heteroatoms. The number of hydrogen-bond acceptors (Lipinski definition) is 5. The van der Waals surface area contributed by atoms with Crippen molar-refractivity contribution in [3.05, 3.63) is 111 Å². The van der Waals surface area contributed by atoms with Crippen molar-refractivity contribution in [2.45, 2.75) is 13.0 Å². The predicted octanol–water partition coefficient (Wildman–Crippen LogP) is 4.68. The standard InChI is InChI=1S/C22H17NO5/c1-15-11-13-16(14-12-15)20(24)21(17-7-3-2-4-8-17)28-22(25)18-9-5-6-10-19(18)23(26)27/h2-14,21H,1H3/t21-/m1/s1. The summed E-state index contributed by atoms with van der Waals surface area (Å²) in [5, 5.41) is 11.2. The molecule has 28 heavy (non-hydrogen) atoms. The van der Waals surface area contributed by atoms with Gasteiger partial charge in [-0.15, -0.1) is 0 Å². The van der Waals surface area contributed by atoms with Crippen molar-refractivity contribution in [3.63, 3.8) is 0 Å². The molecule has 0 bridgehead atoms. The Bertz CT molecular complexity index is 1010. The third-order valence-electron chi connectivity index (χ3n) is 4.22. The molecule has 0 aliphatic carbocycles. The van der Waals surface area contributed by atoms with Crippen molar-refractivity contribution < 1.29 is 19.2 Å². The van der Waals surface area contributed by atoms with Crippen LogP contribution in [-0.2, 0) is 4.74 Å². The average Bonchev–Trinajstić information content (AvgIpc) is 2.72. The van der Waals surface area contributed by atoms with Crippen LogP contribution in [0.5, 0.6) is 0 Å². The number of aryl methyl sites for hydroxylation is 1. The first-order valence-corrected chi connectivity index (χ1v) is 8.57. The zero-order valence-electron chi connectivity index (χ0n) is 15.1. The summed E-state index contributed by atoms with van der Waals surface area (Å²) in [6.45, 7) is 1.90. The highest BCUT2D eigenvalue weighted by Gasteiger charge is 2.29. The Kier molecular flexibility index (Phi) is 5.60. The number of carbonyl (C=O) groups is 2. The maximum Gasteiger partial charge on any atom is 0.346 e. The van der Waals surface area contributed by atoms with Crippen molar-refractivity contribution in [2.75, 3.05) is 0 Å². The lowest BCUT2D eigenvalue weighted by Gasteiger charge is -2.17. The third kappa shape index (κ3) is 4.12. The van der Waals surface area contributed by atoms with E-state index in [4.69, 9.17) is 4.74 Å². The lowest BCUT2D eigenvalue weighted by molar-refractivity contribution is -0.385. The Hall–Kier alpha value is -3.80. The maximum atomic E-state index is 13.0. The van der Waals surface area contributed by atoms with E-state index in [1.165, 1.54) is 24.3 Å². The first-order chi connectivity index (χ1) is 13.5. The second-order valence-corrected chi connectivity index (χ2v) is 6.20. The molecular formula is C22H17NO5. The van der Waals surface area contributed by atoms with E-state index in [0.717, 1.165) is 5.56 Å². The normalized spacial score (nSPS) is 11.5. The second-order valence-electron chi connectivity index (χ2n) is 6.20. The fourth-order valence-corrected chi connectivity index (χ4v) is 2.75. The highest BCUT2D eigenvalue weighted by atomic mass is 16.6. The first kappa shape index (κ1) is 19.0. The van der Waals surface area contributed by atoms with Crippen LogP contribution in [0, 0.1) is 17.0 Å². The van der Waals surface area contributed by atoms with Crippen LogP contribution < -0.4 is 0 Å². The van der Waals surface area contributed by atoms with E-state index in [0.29, 0.717) is 11.1 Å². The minimum Gasteiger partial charge on any atom is -0.445 e. The van der Waals surface area contributed by atoms with Gasteiger partial charge in [0.1, 0.15) is 5.56 Å². The molecule has 140 valence electrons. The van der Waals surface area contributed by atoms with Gasteiger partial charge in [0.05, 0.1) is 4.92 Å². The highest BCUT2D eigenvalue weighted by molar-refractivity contribution is 6.02. The zero-order chi connectivity index (χ0) is 20.1. The maximum absolute atomic E-state index is 13.0. The van der Waals surface area contributed by atoms with Gasteiger partial charge < -0.3 is 4.74 Å². The van der Waals surface area contributed by atoms with Crippen LogP contribution in [0.4, 0.5) is 5.69 Å². The van der Waals surface area contributed by atoms with Gasteiger partial charge >= 0.3 is 5.97 Å². The summed E-state index contributed by atoms with van der Waals surface area (Å²) < 4.78 is 5.47. The van der Waals surface area contributed by atoms with Crippen LogP contribution in [0.1, 0.15) is 37.9 Å². The van der Waals surface area contributed by atoms with Crippen molar-refractivity contribution in [2.24, 2.45) is 0 Å². The summed E-state index contributed by atoms with van der Waals surface area (Å²) in [5.74, 6) is -1.33. The number of esters is 1. The van der Waals surface area contributed by atoms with Crippen LogP contribution in [0.15, 0.2) is 78.9 Å². The van der Waals surface area contributed by atoms with Gasteiger partial charge in [0.25, 0.3) is 5.69 Å². The topological polar surface area (TPSA) is 86.5 Å². The summed E-state index contributed by atoms with van der Waals surface area (Å²) >= 11 is 0. The molecule has 3 aromatic carbocycles. The van der Waals surface area contributed by atoms with Crippen LogP contribution in [-0.4, -0.2) is 16.7 Å². The van der Waals surface area contributed by atoms with Crippen LogP contribution in [0.3, 0.4) is 0 Å². The fraction of sp³-hybridized carbons (Fsp3) is 0.0909. The summed E-state index contributed by atoms with van der Waals surface area (Å²) in [6, 6.07) is 21.0. The number of ketones is 1. The van der Waals surface area contributed by atoms with E-state index < -0.39 is 22.8 Å². The quantitative estimate of drug-likeness (QED) is 0.270. The molecular weight excluding hydrogens is 358 g/mol. The number of hydrogen-bond donors (Lipinski definition) is 0. The summed E-state index contributed by atoms with van der Waals surface area (Å²) in [5.41, 5.74) is 1.28. The fourth-order valence-electron chi connectivity index (χ4n) is 2.75. The number of Topliss-reactive ketones (excluding diaryl/α,β-unsaturated/α-hetero) is 1. The van der Waals surface area contributed by atoms with E-state index in [1.54, 1.807) is 54.6 Å². The Morgan fingerprint density at radius 1 is 0.893 bits per heavy atom. The Morgan fingerprint density at radius 3 is 2.14 bits per heavy atom. The van der Waals surface area contributed by atoms with Gasteiger partial charge in [-0.1, -0.05) is 72.3 Å². The number of benzene rings is 3. The van der Waals surface area contributed by atoms with Crippen LogP contribution in [0.2, 0.25) is 0 Å². The summed E-state index contributed by atoms with van der Waals surface area (Å²) in [6.07, 6.45) is -1.21. The minimum absolute atomic E-state index is 0.204. The third-order valence-corrected chi connectivity index (χ3v) is 4.22. The minimum atomic E-state index is -1.21. The molecule has 1 atom stereocenters. The molecule has 0 N–H and O–H groups in total. The van der Waals surface area contributed by atoms with E-state index in [-0.39, 0.29) is 11.3 Å². The average molecular weight is 375 g/mol. The highest BCUT2D eigenvalue weighted by Crippen LogP contribution is 2.26. The lowest BCUT2D eigenvalue weighted by atomic mass is 9.99. The van der Waals surface area contributed by atoms with Gasteiger partial charge in [-0.2, -0.15) is 0 Å². The molecule has 3 aromatic rings. The van der Waals surface area contributed by atoms with Gasteiger partial charge in [0.2, 0.25) is 5.78 Å². The van der Waals surface area contributed by atoms with Gasteiger partial charge in [-0.05, 0) is 13.0 Å². The molecule has 0 unspecified atom stereocenters. The van der Waals surface area contributed by atoms with Crippen molar-refractivity contribution in [3.8, 4) is 0 Å². The molecule has 0 spiro atoms. The monoisotopic (exact) mass is 375 g/mol. The number of nitro groups is 1. The van der Waals surface area contributed by atoms with E-state index in [1.807, 2.05) is 6.92 Å². The molecule has 0 radical (unpaired) electrons. The summed E-state index contributed by atoms with van der Waals surface area (Å²) in [4.78, 5) is 36.2. The Labute approximate surface area is 161 Å². The largest absolute Gasteiger partial charge is 0.445 e. The Balaban J connectivity index is 1.97. The molecule has 0 aromatic heterocycles. The summed E-state index contributed by atoms with van der Waals surface area (Å²) in [7, 11) is 0. The van der Waals surface area contributed by atoms with Gasteiger partial charge in [0.15, 0.2) is 6.10 Å². The molecule has 0 aliphatic heterocycles. The number of ether oxygens (including phenoxy) is 1. The SMILES string of the molecule is Cc1ccc(C(=O)[C@H](OC(=O)c2ccccc2[N+](=O)[O-])c2ccccc2)cc1. The van der Waals surface area contributed by atoms with E-state index in [9.17, 15) is 19.7 Å². The second kappa shape index (κ2) is 8.26. The van der Waals surface area contributed by atoms with Gasteiger partial charge in [-0.3, -0.25) is 14.9 Å². The van der Waals surface area contributed by atoms with Crippen LogP contribution in [0.25, 0.3) is 0 Å². The predicted molar refractivity (Wildman–Crippen MR) is 103 cm³/mol. The van der Waals surface area contributed by atoms with E-state index in [2.05, 4.69) is 0 Å². The molecule has 3 rings (SSSR count). The number of nitro benzene ring substituents is 1. The first-order valence-electron chi connectivity index (χ1n) is 8.57. The Morgan fingerprint density at radius 2 is 1.50 bits per heavy atom. The lowest BCUT2D eigenvalue weighted by Crippen LogP contribution is -2.21. The molecule has 0 heterocycles. The van der Waals surface area contributed by atoms with Crippen molar-refractivity contribution in [1.29, 1.82) is 0 Å². The van der Waals surface area contributed by atoms with Crippen molar-refractivity contribution in [1.82, 2.24) is 0 Å². The van der Waals surface area contributed by atoms with E-state index >= 15 is 0 Å². The molecule has 0 fully saturated rings. The molecule has 0 aliphatic rings. The van der Waals surface area contributed by atoms with Crippen LogP contribution >= 0.6 is 0 Å². The zero-order valence-corrected chi connectivity index (χ0v) is 15.1. The molecule has 6 nitrogen and oxygen atoms in total. The van der Waals surface area contributed by atoms with Crippen molar-refractivity contribution >= 4 is 17.4 Å². The number of rotatable bonds is 6. The smallest absolute Gasteiger partial charge is 0.346 e. The number of nitrogens with zero attached hydrogens (tertiary/aromatic N) is 1. The van der Waals surface area contributed by atoms with Gasteiger partial charge in [-0.25, -0.2) is 4.79 Å². The number of carbonyl (C=O) groups excluding carboxylic acids is 2. The van der Waals surface area contributed by atoms with Gasteiger partial charge in [0, 0.05) is 17.2 Å².